The van der Waals surface area contributed by atoms with Gasteiger partial charge < -0.3 is 19.3 Å². The molecule has 0 saturated heterocycles. The smallest absolute Gasteiger partial charge is 0.331 e. The minimum atomic E-state index is -0.584. The molecule has 0 aliphatic carbocycles. The van der Waals surface area contributed by atoms with Gasteiger partial charge >= 0.3 is 5.97 Å². The van der Waals surface area contributed by atoms with Gasteiger partial charge in [-0.15, -0.1) is 0 Å². The highest BCUT2D eigenvalue weighted by Gasteiger charge is 2.08. The van der Waals surface area contributed by atoms with Crippen LogP contribution < -0.4 is 9.47 Å². The Morgan fingerprint density at radius 1 is 1.20 bits per heavy atom. The highest BCUT2D eigenvalue weighted by atomic mass is 79.9. The lowest BCUT2D eigenvalue weighted by molar-refractivity contribution is -0.138. The summed E-state index contributed by atoms with van der Waals surface area (Å²) < 4.78 is 28.9. The van der Waals surface area contributed by atoms with Gasteiger partial charge in [0.05, 0.1) is 18.7 Å². The van der Waals surface area contributed by atoms with Gasteiger partial charge in [-0.2, -0.15) is 0 Å². The topological polar surface area (TPSA) is 65.0 Å². The quantitative estimate of drug-likeness (QED) is 0.574. The number of ether oxygens (including phenoxy) is 3. The van der Waals surface area contributed by atoms with E-state index in [4.69, 9.17) is 14.2 Å². The summed E-state index contributed by atoms with van der Waals surface area (Å²) in [5.74, 6) is -0.728. The van der Waals surface area contributed by atoms with E-state index in [-0.39, 0.29) is 23.9 Å². The molecule has 25 heavy (non-hydrogen) atoms. The molecule has 0 spiro atoms. The first kappa shape index (κ1) is 18.8. The van der Waals surface area contributed by atoms with Crippen molar-refractivity contribution in [3.63, 3.8) is 0 Å². The first-order valence-electron chi connectivity index (χ1n) is 7.18. The Balaban J connectivity index is 1.99. The van der Waals surface area contributed by atoms with E-state index >= 15 is 0 Å². The molecule has 0 radical (unpaired) electrons. The van der Waals surface area contributed by atoms with Crippen LogP contribution in [-0.4, -0.2) is 25.3 Å². The summed E-state index contributed by atoms with van der Waals surface area (Å²) in [5.41, 5.74) is 1.14. The molecule has 0 saturated carbocycles. The lowest BCUT2D eigenvalue weighted by Crippen LogP contribution is -2.01. The van der Waals surface area contributed by atoms with E-state index in [1.807, 2.05) is 0 Å². The van der Waals surface area contributed by atoms with Crippen LogP contribution in [0.25, 0.3) is 6.08 Å². The van der Waals surface area contributed by atoms with Crippen LogP contribution in [0.4, 0.5) is 4.39 Å². The molecular formula is C18H16BrFO5. The molecule has 0 heterocycles. The Labute approximate surface area is 152 Å². The molecule has 0 bridgehead atoms. The number of carbonyl (C=O) groups excluding carboxylic acids is 1. The van der Waals surface area contributed by atoms with Crippen LogP contribution in [0.5, 0.6) is 17.2 Å². The number of halogens is 2. The number of aromatic hydroxyl groups is 1. The first-order chi connectivity index (χ1) is 11.9. The Morgan fingerprint density at radius 2 is 1.92 bits per heavy atom. The molecule has 7 heteroatoms. The largest absolute Gasteiger partial charge is 0.503 e. The minimum Gasteiger partial charge on any atom is -0.503 e. The van der Waals surface area contributed by atoms with E-state index in [0.29, 0.717) is 15.6 Å². The second kappa shape index (κ2) is 8.53. The third kappa shape index (κ3) is 4.96. The summed E-state index contributed by atoms with van der Waals surface area (Å²) in [4.78, 5) is 11.8. The maximum Gasteiger partial charge on any atom is 0.331 e. The summed E-state index contributed by atoms with van der Waals surface area (Å²) in [6.07, 6.45) is 2.75. The zero-order valence-electron chi connectivity index (χ0n) is 13.6. The summed E-state index contributed by atoms with van der Waals surface area (Å²) in [7, 11) is 2.80. The van der Waals surface area contributed by atoms with Crippen molar-refractivity contribution in [2.45, 2.75) is 6.61 Å². The maximum absolute atomic E-state index is 13.6. The van der Waals surface area contributed by atoms with Crippen molar-refractivity contribution in [2.75, 3.05) is 14.2 Å². The number of hydrogen-bond donors (Lipinski definition) is 1. The van der Waals surface area contributed by atoms with Crippen molar-refractivity contribution < 1.29 is 28.5 Å². The normalized spacial score (nSPS) is 10.7. The third-order valence-corrected chi connectivity index (χ3v) is 3.88. The van der Waals surface area contributed by atoms with Crippen LogP contribution in [0, 0.1) is 5.82 Å². The van der Waals surface area contributed by atoms with Crippen molar-refractivity contribution in [1.29, 1.82) is 0 Å². The monoisotopic (exact) mass is 410 g/mol. The van der Waals surface area contributed by atoms with Crippen molar-refractivity contribution in [3.05, 3.63) is 57.8 Å². The molecule has 2 rings (SSSR count). The zero-order valence-corrected chi connectivity index (χ0v) is 15.2. The van der Waals surface area contributed by atoms with E-state index in [2.05, 4.69) is 15.9 Å². The lowest BCUT2D eigenvalue weighted by Gasteiger charge is -2.07. The minimum absolute atomic E-state index is 0.0243. The van der Waals surface area contributed by atoms with Crippen molar-refractivity contribution in [2.24, 2.45) is 0 Å². The Kier molecular flexibility index (Phi) is 6.41. The fourth-order valence-electron chi connectivity index (χ4n) is 2.01. The van der Waals surface area contributed by atoms with Gasteiger partial charge in [0.2, 0.25) is 0 Å². The summed E-state index contributed by atoms with van der Waals surface area (Å²) >= 11 is 3.20. The van der Waals surface area contributed by atoms with Crippen LogP contribution in [0.15, 0.2) is 40.9 Å². The van der Waals surface area contributed by atoms with Crippen LogP contribution in [0.2, 0.25) is 0 Å². The fraction of sp³-hybridized carbons (Fsp3) is 0.167. The van der Waals surface area contributed by atoms with Gasteiger partial charge in [-0.1, -0.05) is 6.07 Å². The molecule has 0 aliphatic rings. The van der Waals surface area contributed by atoms with Crippen LogP contribution >= 0.6 is 15.9 Å². The predicted octanol–water partition coefficient (Wildman–Crippen LogP) is 4.07. The van der Waals surface area contributed by atoms with Gasteiger partial charge in [0.15, 0.2) is 23.1 Å². The molecule has 5 nitrogen and oxygen atoms in total. The number of rotatable bonds is 6. The zero-order chi connectivity index (χ0) is 18.4. The average Bonchev–Trinajstić information content (AvgIpc) is 2.60. The first-order valence-corrected chi connectivity index (χ1v) is 7.97. The van der Waals surface area contributed by atoms with Crippen molar-refractivity contribution in [3.8, 4) is 17.2 Å². The molecule has 2 aromatic rings. The number of carbonyl (C=O) groups is 1. The van der Waals surface area contributed by atoms with E-state index < -0.39 is 11.8 Å². The maximum atomic E-state index is 13.6. The number of phenols is 1. The Bertz CT molecular complexity index is 804. The molecule has 0 fully saturated rings. The third-order valence-electron chi connectivity index (χ3n) is 3.28. The molecular weight excluding hydrogens is 395 g/mol. The van der Waals surface area contributed by atoms with E-state index in [1.165, 1.54) is 38.5 Å². The highest BCUT2D eigenvalue weighted by molar-refractivity contribution is 9.10. The van der Waals surface area contributed by atoms with Gasteiger partial charge in [-0.25, -0.2) is 9.18 Å². The standard InChI is InChI=1S/C18H16BrFO5/c1-23-15-5-3-12(8-14(15)20)10-25-17(21)6-4-11-7-13(19)18(22)16(9-11)24-2/h3-9,22H,10H2,1-2H3/b6-4+. The summed E-state index contributed by atoms with van der Waals surface area (Å²) in [6.45, 7) is -0.0628. The molecule has 2 aromatic carbocycles. The van der Waals surface area contributed by atoms with Gasteiger partial charge in [0, 0.05) is 6.08 Å². The van der Waals surface area contributed by atoms with Gasteiger partial charge in [-0.3, -0.25) is 0 Å². The highest BCUT2D eigenvalue weighted by Crippen LogP contribution is 2.35. The SMILES string of the molecule is COc1ccc(COC(=O)/C=C/c2cc(Br)c(O)c(OC)c2)cc1F. The van der Waals surface area contributed by atoms with Gasteiger partial charge in [0.25, 0.3) is 0 Å². The summed E-state index contributed by atoms with van der Waals surface area (Å²) in [5, 5.41) is 9.74. The lowest BCUT2D eigenvalue weighted by atomic mass is 10.2. The van der Waals surface area contributed by atoms with E-state index in [9.17, 15) is 14.3 Å². The van der Waals surface area contributed by atoms with Crippen LogP contribution in [0.1, 0.15) is 11.1 Å². The Hall–Kier alpha value is -2.54. The Morgan fingerprint density at radius 3 is 2.56 bits per heavy atom. The average molecular weight is 411 g/mol. The number of esters is 1. The molecule has 0 aliphatic heterocycles. The second-order valence-corrected chi connectivity index (χ2v) is 5.82. The number of phenolic OH excluding ortho intramolecular Hbond substituents is 1. The number of benzene rings is 2. The van der Waals surface area contributed by atoms with Crippen LogP contribution in [0.3, 0.4) is 0 Å². The molecule has 0 unspecified atom stereocenters. The molecule has 132 valence electrons. The molecule has 0 atom stereocenters. The second-order valence-electron chi connectivity index (χ2n) is 4.96. The number of hydrogen-bond acceptors (Lipinski definition) is 5. The van der Waals surface area contributed by atoms with Gasteiger partial charge in [-0.05, 0) is 57.4 Å². The molecule has 0 aromatic heterocycles. The van der Waals surface area contributed by atoms with Crippen molar-refractivity contribution >= 4 is 28.0 Å². The fourth-order valence-corrected chi connectivity index (χ4v) is 2.47. The molecule has 0 amide bonds. The van der Waals surface area contributed by atoms with Gasteiger partial charge in [0.1, 0.15) is 6.61 Å². The predicted molar refractivity (Wildman–Crippen MR) is 94.1 cm³/mol. The molecule has 1 N–H and O–H groups in total. The van der Waals surface area contributed by atoms with Crippen molar-refractivity contribution in [1.82, 2.24) is 0 Å². The van der Waals surface area contributed by atoms with E-state index in [0.717, 1.165) is 0 Å². The van der Waals surface area contributed by atoms with Crippen LogP contribution in [-0.2, 0) is 16.1 Å². The number of methoxy groups -OCH3 is 2. The summed E-state index contributed by atoms with van der Waals surface area (Å²) in [6, 6.07) is 7.52. The van der Waals surface area contributed by atoms with E-state index in [1.54, 1.807) is 18.2 Å².